The number of nitrogens with zero attached hydrogens (tertiary/aromatic N) is 1. The van der Waals surface area contributed by atoms with Crippen LogP contribution in [0.1, 0.15) is 42.4 Å². The number of ether oxygens (including phenoxy) is 1. The maximum Gasteiger partial charge on any atom is 0.262 e. The van der Waals surface area contributed by atoms with Gasteiger partial charge in [-0.05, 0) is 61.9 Å². The summed E-state index contributed by atoms with van der Waals surface area (Å²) in [4.78, 5) is 24.8. The molecule has 3 aromatic rings. The molecule has 0 saturated heterocycles. The topological polar surface area (TPSA) is 48.3 Å². The summed E-state index contributed by atoms with van der Waals surface area (Å²) in [5.41, 5.74) is 2.91. The largest absolute Gasteiger partial charge is 0.497 e. The lowest BCUT2D eigenvalue weighted by Gasteiger charge is -2.08. The lowest BCUT2D eigenvalue weighted by molar-refractivity contribution is -0.116. The van der Waals surface area contributed by atoms with Crippen LogP contribution in [0.15, 0.2) is 42.5 Å². The molecule has 0 aliphatic heterocycles. The molecule has 5 heteroatoms. The van der Waals surface area contributed by atoms with Crippen molar-refractivity contribution in [3.05, 3.63) is 64.3 Å². The van der Waals surface area contributed by atoms with E-state index in [1.807, 2.05) is 39.0 Å². The molecule has 3 rings (SSSR count). The predicted molar refractivity (Wildman–Crippen MR) is 110 cm³/mol. The second-order valence-corrected chi connectivity index (χ2v) is 6.41. The summed E-state index contributed by atoms with van der Waals surface area (Å²) in [5, 5.41) is 1.43. The van der Waals surface area contributed by atoms with E-state index in [4.69, 9.17) is 16.3 Å². The highest BCUT2D eigenvalue weighted by Gasteiger charge is 2.21. The Hall–Kier alpha value is -2.59. The third-order valence-electron chi connectivity index (χ3n) is 4.26. The Labute approximate surface area is 164 Å². The maximum absolute atomic E-state index is 13.0. The van der Waals surface area contributed by atoms with Gasteiger partial charge in [0, 0.05) is 28.1 Å². The zero-order valence-corrected chi connectivity index (χ0v) is 17.1. The van der Waals surface area contributed by atoms with Crippen LogP contribution in [0.5, 0.6) is 5.75 Å². The first kappa shape index (κ1) is 20.7. The van der Waals surface area contributed by atoms with Gasteiger partial charge < -0.3 is 4.74 Å². The number of ketones is 1. The monoisotopic (exact) mass is 385 g/mol. The van der Waals surface area contributed by atoms with Gasteiger partial charge in [-0.2, -0.15) is 0 Å². The first-order chi connectivity index (χ1) is 12.9. The average Bonchev–Trinajstić information content (AvgIpc) is 2.94. The molecule has 0 fully saturated rings. The van der Waals surface area contributed by atoms with E-state index in [-0.39, 0.29) is 18.1 Å². The van der Waals surface area contributed by atoms with Crippen LogP contribution in [0.25, 0.3) is 10.9 Å². The lowest BCUT2D eigenvalue weighted by atomic mass is 10.1. The van der Waals surface area contributed by atoms with Gasteiger partial charge in [0.15, 0.2) is 0 Å². The van der Waals surface area contributed by atoms with Crippen LogP contribution in [0.2, 0.25) is 5.02 Å². The van der Waals surface area contributed by atoms with Crippen molar-refractivity contribution in [2.45, 2.75) is 34.1 Å². The van der Waals surface area contributed by atoms with Crippen LogP contribution in [0.4, 0.5) is 0 Å². The second-order valence-electron chi connectivity index (χ2n) is 5.97. The van der Waals surface area contributed by atoms with E-state index in [2.05, 4.69) is 0 Å². The molecule has 4 nitrogen and oxygen atoms in total. The van der Waals surface area contributed by atoms with Crippen LogP contribution in [0.3, 0.4) is 0 Å². The first-order valence-electron chi connectivity index (χ1n) is 8.90. The Morgan fingerprint density at radius 3 is 2.26 bits per heavy atom. The van der Waals surface area contributed by atoms with E-state index in [1.165, 1.54) is 0 Å². The summed E-state index contributed by atoms with van der Waals surface area (Å²) < 4.78 is 6.95. The Balaban J connectivity index is 0.00000126. The zero-order chi connectivity index (χ0) is 20.1. The number of hydrogen-bond donors (Lipinski definition) is 0. The molecule has 142 valence electrons. The third kappa shape index (κ3) is 4.22. The number of Topliss-reactive ketones (excluding diaryl/α,β-unsaturated/α-hetero) is 1. The molecule has 0 atom stereocenters. The number of aromatic nitrogens is 1. The van der Waals surface area contributed by atoms with Gasteiger partial charge in [-0.3, -0.25) is 14.2 Å². The van der Waals surface area contributed by atoms with Gasteiger partial charge in [-0.15, -0.1) is 0 Å². The van der Waals surface area contributed by atoms with Crippen molar-refractivity contribution in [2.75, 3.05) is 7.11 Å². The summed E-state index contributed by atoms with van der Waals surface area (Å²) in [6.45, 7) is 7.41. The van der Waals surface area contributed by atoms with Crippen molar-refractivity contribution >= 4 is 34.2 Å². The van der Waals surface area contributed by atoms with E-state index in [0.29, 0.717) is 16.3 Å². The van der Waals surface area contributed by atoms with Crippen LogP contribution >= 0.6 is 11.6 Å². The highest BCUT2D eigenvalue weighted by atomic mass is 35.5. The van der Waals surface area contributed by atoms with Gasteiger partial charge >= 0.3 is 0 Å². The number of benzene rings is 2. The number of methoxy groups -OCH3 is 1. The van der Waals surface area contributed by atoms with Crippen molar-refractivity contribution in [3.63, 3.8) is 0 Å². The van der Waals surface area contributed by atoms with Gasteiger partial charge in [0.25, 0.3) is 5.91 Å². The van der Waals surface area contributed by atoms with Gasteiger partial charge in [-0.25, -0.2) is 0 Å². The lowest BCUT2D eigenvalue weighted by Crippen LogP contribution is -2.14. The number of carbonyl (C=O) groups is 2. The van der Waals surface area contributed by atoms with E-state index in [9.17, 15) is 9.59 Å². The molecule has 0 saturated carbocycles. The molecule has 1 heterocycles. The van der Waals surface area contributed by atoms with Crippen LogP contribution < -0.4 is 4.74 Å². The minimum Gasteiger partial charge on any atom is -0.497 e. The highest BCUT2D eigenvalue weighted by Crippen LogP contribution is 2.30. The predicted octanol–water partition coefficient (Wildman–Crippen LogP) is 5.46. The Morgan fingerprint density at radius 1 is 1.07 bits per heavy atom. The molecule has 0 amide bonds. The van der Waals surface area contributed by atoms with Gasteiger partial charge in [0.2, 0.25) is 0 Å². The summed E-state index contributed by atoms with van der Waals surface area (Å²) in [6.07, 6.45) is 0.274. The van der Waals surface area contributed by atoms with Crippen molar-refractivity contribution < 1.29 is 14.3 Å². The first-order valence-corrected chi connectivity index (χ1v) is 9.27. The molecule has 0 spiro atoms. The van der Waals surface area contributed by atoms with E-state index in [0.717, 1.165) is 22.2 Å². The highest BCUT2D eigenvalue weighted by molar-refractivity contribution is 6.30. The number of rotatable bonds is 4. The fourth-order valence-electron chi connectivity index (χ4n) is 3.04. The van der Waals surface area contributed by atoms with Gasteiger partial charge in [0.05, 0.1) is 12.6 Å². The zero-order valence-electron chi connectivity index (χ0n) is 16.3. The minimum atomic E-state index is -0.154. The van der Waals surface area contributed by atoms with E-state index >= 15 is 0 Å². The Morgan fingerprint density at radius 2 is 1.70 bits per heavy atom. The van der Waals surface area contributed by atoms with Gasteiger partial charge in [0.1, 0.15) is 11.5 Å². The molecule has 0 aliphatic carbocycles. The standard InChI is InChI=1S/C20H18ClNO3.C2H6/c1-12(23)10-17-13(2)22(19-9-8-16(25-3)11-18(17)19)20(24)14-4-6-15(21)7-5-14;1-2/h4-9,11H,10H2,1-3H3;1-2H3. The molecule has 0 aliphatic rings. The SMILES string of the molecule is CC.COc1ccc2c(c1)c(CC(C)=O)c(C)n2C(=O)c1ccc(Cl)cc1. The molecule has 0 bridgehead atoms. The van der Waals surface area contributed by atoms with Crippen molar-refractivity contribution in [3.8, 4) is 5.75 Å². The molecule has 0 unspecified atom stereocenters. The normalized spacial score (nSPS) is 10.3. The van der Waals surface area contributed by atoms with Crippen LogP contribution in [-0.4, -0.2) is 23.4 Å². The van der Waals surface area contributed by atoms with Crippen molar-refractivity contribution in [1.82, 2.24) is 4.57 Å². The molecular weight excluding hydrogens is 362 g/mol. The summed E-state index contributed by atoms with van der Waals surface area (Å²) in [6, 6.07) is 12.3. The number of fused-ring (bicyclic) bond motifs is 1. The molecule has 0 N–H and O–H groups in total. The summed E-state index contributed by atoms with van der Waals surface area (Å²) in [5.74, 6) is 0.580. The summed E-state index contributed by atoms with van der Waals surface area (Å²) in [7, 11) is 1.59. The number of halogens is 1. The van der Waals surface area contributed by atoms with Crippen LogP contribution in [0, 0.1) is 6.92 Å². The van der Waals surface area contributed by atoms with E-state index < -0.39 is 0 Å². The molecule has 27 heavy (non-hydrogen) atoms. The fraction of sp³-hybridized carbons (Fsp3) is 0.273. The smallest absolute Gasteiger partial charge is 0.262 e. The quantitative estimate of drug-likeness (QED) is 0.599. The number of hydrogen-bond acceptors (Lipinski definition) is 3. The minimum absolute atomic E-state index is 0.0453. The number of carbonyl (C=O) groups excluding carboxylic acids is 2. The third-order valence-corrected chi connectivity index (χ3v) is 4.51. The van der Waals surface area contributed by atoms with Crippen LogP contribution in [-0.2, 0) is 11.2 Å². The van der Waals surface area contributed by atoms with E-state index in [1.54, 1.807) is 42.9 Å². The molecule has 0 radical (unpaired) electrons. The molecular formula is C22H24ClNO3. The summed E-state index contributed by atoms with van der Waals surface area (Å²) >= 11 is 5.91. The molecule has 1 aromatic heterocycles. The Kier molecular flexibility index (Phi) is 6.81. The second kappa shape index (κ2) is 8.87. The maximum atomic E-state index is 13.0. The average molecular weight is 386 g/mol. The molecule has 2 aromatic carbocycles. The fourth-order valence-corrected chi connectivity index (χ4v) is 3.17. The van der Waals surface area contributed by atoms with Crippen molar-refractivity contribution in [2.24, 2.45) is 0 Å². The Bertz CT molecular complexity index is 971. The van der Waals surface area contributed by atoms with Gasteiger partial charge in [-0.1, -0.05) is 25.4 Å². The van der Waals surface area contributed by atoms with Crippen molar-refractivity contribution in [1.29, 1.82) is 0 Å².